The van der Waals surface area contributed by atoms with Gasteiger partial charge in [0.15, 0.2) is 4.96 Å². The van der Waals surface area contributed by atoms with E-state index in [9.17, 15) is 0 Å². The minimum Gasteiger partial charge on any atom is -0.494 e. The summed E-state index contributed by atoms with van der Waals surface area (Å²) >= 11 is 1.63. The molecular weight excluding hydrogens is 232 g/mol. The highest BCUT2D eigenvalue weighted by atomic mass is 32.1. The summed E-state index contributed by atoms with van der Waals surface area (Å²) in [4.78, 5) is 5.56. The maximum atomic E-state index is 5.31. The molecule has 0 saturated heterocycles. The van der Waals surface area contributed by atoms with E-state index in [-0.39, 0.29) is 0 Å². The molecule has 2 heterocycles. The van der Waals surface area contributed by atoms with Gasteiger partial charge in [-0.05, 0) is 31.2 Å². The van der Waals surface area contributed by atoms with Gasteiger partial charge in [0, 0.05) is 23.3 Å². The van der Waals surface area contributed by atoms with Crippen LogP contribution in [0, 0.1) is 6.92 Å². The molecular formula is C13H11N2OS. The molecule has 3 nitrogen and oxygen atoms in total. The first-order valence-electron chi connectivity index (χ1n) is 5.31. The van der Waals surface area contributed by atoms with Crippen LogP contribution >= 0.6 is 11.3 Å². The van der Waals surface area contributed by atoms with E-state index in [0.717, 1.165) is 22.0 Å². The Balaban J connectivity index is 1.95. The highest BCUT2D eigenvalue weighted by Gasteiger charge is 2.04. The Hall–Kier alpha value is -1.81. The minimum absolute atomic E-state index is 0.444. The Morgan fingerprint density at radius 3 is 2.82 bits per heavy atom. The molecule has 0 unspecified atom stereocenters. The molecule has 2 aromatic heterocycles. The second-order valence-electron chi connectivity index (χ2n) is 3.59. The van der Waals surface area contributed by atoms with Crippen LogP contribution in [-0.2, 0) is 0 Å². The van der Waals surface area contributed by atoms with E-state index < -0.39 is 0 Å². The molecule has 0 spiro atoms. The molecule has 1 radical (unpaired) electrons. The van der Waals surface area contributed by atoms with E-state index in [4.69, 9.17) is 4.74 Å². The van der Waals surface area contributed by atoms with Crippen LogP contribution < -0.4 is 4.74 Å². The van der Waals surface area contributed by atoms with Gasteiger partial charge in [-0.2, -0.15) is 0 Å². The third-order valence-corrected chi connectivity index (χ3v) is 3.28. The second kappa shape index (κ2) is 4.22. The van der Waals surface area contributed by atoms with Gasteiger partial charge in [-0.3, -0.25) is 4.40 Å². The predicted octanol–water partition coefficient (Wildman–Crippen LogP) is 3.28. The number of nitrogens with zero attached hydrogens (tertiary/aromatic N) is 2. The normalized spacial score (nSPS) is 10.9. The number of hydrogen-bond donors (Lipinski definition) is 0. The average molecular weight is 243 g/mol. The van der Waals surface area contributed by atoms with E-state index in [2.05, 4.69) is 11.9 Å². The highest BCUT2D eigenvalue weighted by Crippen LogP contribution is 2.23. The van der Waals surface area contributed by atoms with E-state index in [1.165, 1.54) is 0 Å². The largest absolute Gasteiger partial charge is 0.494 e. The molecule has 3 rings (SSSR count). The van der Waals surface area contributed by atoms with Crippen molar-refractivity contribution in [3.8, 4) is 17.0 Å². The molecule has 3 aromatic rings. The van der Waals surface area contributed by atoms with Gasteiger partial charge >= 0.3 is 0 Å². The van der Waals surface area contributed by atoms with Crippen molar-refractivity contribution in [3.05, 3.63) is 49.0 Å². The zero-order valence-electron chi connectivity index (χ0n) is 9.17. The topological polar surface area (TPSA) is 26.5 Å². The van der Waals surface area contributed by atoms with Crippen LogP contribution in [-0.4, -0.2) is 16.0 Å². The van der Waals surface area contributed by atoms with Crippen LogP contribution in [0.2, 0.25) is 0 Å². The Morgan fingerprint density at radius 2 is 2.12 bits per heavy atom. The van der Waals surface area contributed by atoms with Gasteiger partial charge in [-0.25, -0.2) is 4.98 Å². The Kier molecular flexibility index (Phi) is 2.57. The lowest BCUT2D eigenvalue weighted by Crippen LogP contribution is -1.90. The molecule has 0 saturated carbocycles. The maximum absolute atomic E-state index is 5.31. The fraction of sp³-hybridized carbons (Fsp3) is 0.0769. The van der Waals surface area contributed by atoms with Gasteiger partial charge in [-0.15, -0.1) is 11.3 Å². The van der Waals surface area contributed by atoms with E-state index in [0.29, 0.717) is 6.61 Å². The first-order chi connectivity index (χ1) is 8.36. The van der Waals surface area contributed by atoms with Crippen LogP contribution in [0.3, 0.4) is 0 Å². The fourth-order valence-corrected chi connectivity index (χ4v) is 2.41. The molecule has 1 aromatic carbocycles. The van der Waals surface area contributed by atoms with Crippen LogP contribution in [0.15, 0.2) is 42.0 Å². The standard InChI is InChI=1S/C13H11N2OS/c1-2-16-11-5-3-10(4-6-11)12-9-15-7-8-17-13(15)14-12/h3-9H,1-2H2. The molecule has 0 aliphatic carbocycles. The predicted molar refractivity (Wildman–Crippen MR) is 69.4 cm³/mol. The molecule has 0 bridgehead atoms. The van der Waals surface area contributed by atoms with E-state index in [1.807, 2.05) is 46.4 Å². The lowest BCUT2D eigenvalue weighted by atomic mass is 10.2. The monoisotopic (exact) mass is 243 g/mol. The van der Waals surface area contributed by atoms with Crippen molar-refractivity contribution in [1.82, 2.24) is 9.38 Å². The first-order valence-corrected chi connectivity index (χ1v) is 6.19. The van der Waals surface area contributed by atoms with Crippen molar-refractivity contribution in [1.29, 1.82) is 0 Å². The fourth-order valence-electron chi connectivity index (χ4n) is 1.71. The summed E-state index contributed by atoms with van der Waals surface area (Å²) in [5.41, 5.74) is 2.08. The van der Waals surface area contributed by atoms with Gasteiger partial charge in [-0.1, -0.05) is 0 Å². The smallest absolute Gasteiger partial charge is 0.194 e. The minimum atomic E-state index is 0.444. The van der Waals surface area contributed by atoms with Gasteiger partial charge in [0.05, 0.1) is 12.3 Å². The number of aromatic nitrogens is 2. The third-order valence-electron chi connectivity index (χ3n) is 2.51. The number of hydrogen-bond acceptors (Lipinski definition) is 3. The molecule has 0 aliphatic heterocycles. The number of benzene rings is 1. The average Bonchev–Trinajstić information content (AvgIpc) is 2.90. The third kappa shape index (κ3) is 1.91. The summed E-state index contributed by atoms with van der Waals surface area (Å²) in [5, 5.41) is 2.03. The summed E-state index contributed by atoms with van der Waals surface area (Å²) < 4.78 is 7.33. The SMILES string of the molecule is [CH2]COc1ccc(-c2cn3ccsc3n2)cc1. The van der Waals surface area contributed by atoms with Crippen molar-refractivity contribution in [2.75, 3.05) is 6.61 Å². The number of thiazole rings is 1. The molecule has 85 valence electrons. The zero-order chi connectivity index (χ0) is 11.7. The van der Waals surface area contributed by atoms with Crippen molar-refractivity contribution >= 4 is 16.3 Å². The molecule has 0 fully saturated rings. The van der Waals surface area contributed by atoms with E-state index in [1.54, 1.807) is 11.3 Å². The van der Waals surface area contributed by atoms with Crippen LogP contribution in [0.4, 0.5) is 0 Å². The second-order valence-corrected chi connectivity index (χ2v) is 4.46. The zero-order valence-corrected chi connectivity index (χ0v) is 9.98. The lowest BCUT2D eigenvalue weighted by Gasteiger charge is -2.02. The summed E-state index contributed by atoms with van der Waals surface area (Å²) in [5.74, 6) is 0.838. The van der Waals surface area contributed by atoms with Gasteiger partial charge in [0.2, 0.25) is 0 Å². The van der Waals surface area contributed by atoms with Gasteiger partial charge in [0.25, 0.3) is 0 Å². The molecule has 0 amide bonds. The van der Waals surface area contributed by atoms with Gasteiger partial charge in [0.1, 0.15) is 5.75 Å². The summed E-state index contributed by atoms with van der Waals surface area (Å²) in [7, 11) is 0. The molecule has 0 aliphatic rings. The maximum Gasteiger partial charge on any atom is 0.194 e. The lowest BCUT2D eigenvalue weighted by molar-refractivity contribution is 0.361. The Morgan fingerprint density at radius 1 is 1.29 bits per heavy atom. The Bertz CT molecular complexity index is 596. The van der Waals surface area contributed by atoms with Crippen molar-refractivity contribution in [2.24, 2.45) is 0 Å². The number of fused-ring (bicyclic) bond motifs is 1. The summed E-state index contributed by atoms with van der Waals surface area (Å²) in [6, 6.07) is 7.90. The number of rotatable bonds is 3. The Labute approximate surface area is 103 Å². The molecule has 0 N–H and O–H groups in total. The highest BCUT2D eigenvalue weighted by molar-refractivity contribution is 7.15. The van der Waals surface area contributed by atoms with Crippen LogP contribution in [0.1, 0.15) is 0 Å². The van der Waals surface area contributed by atoms with Crippen LogP contribution in [0.25, 0.3) is 16.2 Å². The van der Waals surface area contributed by atoms with Crippen LogP contribution in [0.5, 0.6) is 5.75 Å². The van der Waals surface area contributed by atoms with Crippen molar-refractivity contribution in [2.45, 2.75) is 0 Å². The van der Waals surface area contributed by atoms with Crippen molar-refractivity contribution in [3.63, 3.8) is 0 Å². The number of imidazole rings is 1. The number of ether oxygens (including phenoxy) is 1. The van der Waals surface area contributed by atoms with Crippen molar-refractivity contribution < 1.29 is 4.74 Å². The summed E-state index contributed by atoms with van der Waals surface area (Å²) in [6.45, 7) is 4.09. The molecule has 0 atom stereocenters. The summed E-state index contributed by atoms with van der Waals surface area (Å²) in [6.07, 6.45) is 4.04. The molecule has 4 heteroatoms. The van der Waals surface area contributed by atoms with E-state index >= 15 is 0 Å². The quantitative estimate of drug-likeness (QED) is 0.705. The first kappa shape index (κ1) is 10.4. The van der Waals surface area contributed by atoms with Gasteiger partial charge < -0.3 is 4.74 Å². The molecule has 17 heavy (non-hydrogen) atoms.